The summed E-state index contributed by atoms with van der Waals surface area (Å²) in [5, 5.41) is 14.6. The van der Waals surface area contributed by atoms with E-state index in [-0.39, 0.29) is 34.6 Å². The minimum atomic E-state index is -1.08. The van der Waals surface area contributed by atoms with Gasteiger partial charge in [0.15, 0.2) is 0 Å². The Bertz CT molecular complexity index is 1450. The Morgan fingerprint density at radius 2 is 1.68 bits per heavy atom. The summed E-state index contributed by atoms with van der Waals surface area (Å²) in [4.78, 5) is 52.0. The summed E-state index contributed by atoms with van der Waals surface area (Å²) in [5.41, 5.74) is 1.56. The van der Waals surface area contributed by atoms with E-state index < -0.39 is 12.0 Å². The number of para-hydroxylation sites is 2. The molecule has 0 saturated carbocycles. The van der Waals surface area contributed by atoms with Gasteiger partial charge in [-0.3, -0.25) is 9.59 Å². The summed E-state index contributed by atoms with van der Waals surface area (Å²) in [6, 6.07) is 15.9. The Balaban J connectivity index is 1.33. The Hall–Kier alpha value is -4.60. The van der Waals surface area contributed by atoms with Crippen molar-refractivity contribution in [1.82, 2.24) is 9.47 Å². The average Bonchev–Trinajstić information content (AvgIpc) is 2.90. The van der Waals surface area contributed by atoms with Crippen LogP contribution in [0.2, 0.25) is 0 Å². The van der Waals surface area contributed by atoms with Crippen LogP contribution < -0.4 is 20.9 Å². The number of anilines is 2. The lowest BCUT2D eigenvalue weighted by atomic mass is 9.83. The van der Waals surface area contributed by atoms with Crippen molar-refractivity contribution >= 4 is 29.3 Å². The Kier molecular flexibility index (Phi) is 6.39. The van der Waals surface area contributed by atoms with Crippen molar-refractivity contribution in [2.75, 3.05) is 30.8 Å². The first-order valence-corrected chi connectivity index (χ1v) is 11.9. The highest BCUT2D eigenvalue weighted by molar-refractivity contribution is 6.00. The second-order valence-corrected chi connectivity index (χ2v) is 9.26. The molecule has 3 amide bonds. The zero-order valence-electron chi connectivity index (χ0n) is 20.1. The molecule has 0 aliphatic carbocycles. The molecule has 1 fully saturated rings. The third-order valence-electron chi connectivity index (χ3n) is 6.85. The molecular weight excluding hydrogens is 476 g/mol. The Labute approximate surface area is 212 Å². The fraction of sp³-hybridized carbons (Fsp3) is 0.259. The standard InChI is InChI=1S/C27H26N4O6/c1-37-23-8-3-2-7-20(23)28-27(36)29-21-9-10-22-19-11-16(14-31(22)25(21)33)13-30(15-19)24(32)17-5-4-6-18(12-17)26(34)35/h2-10,12,16,19H,11,13-15H2,1H3,(H,34,35)(H2,28,29,36). The Morgan fingerprint density at radius 3 is 2.46 bits per heavy atom. The predicted octanol–water partition coefficient (Wildman–Crippen LogP) is 3.46. The summed E-state index contributed by atoms with van der Waals surface area (Å²) in [6.45, 7) is 1.31. The number of aromatic nitrogens is 1. The second kappa shape index (κ2) is 9.81. The van der Waals surface area contributed by atoms with Gasteiger partial charge in [-0.05, 0) is 54.8 Å². The number of nitrogens with zero attached hydrogens (tertiary/aromatic N) is 2. The highest BCUT2D eigenvalue weighted by Crippen LogP contribution is 2.36. The van der Waals surface area contributed by atoms with Gasteiger partial charge in [0.05, 0.1) is 18.4 Å². The van der Waals surface area contributed by atoms with Crippen molar-refractivity contribution in [3.63, 3.8) is 0 Å². The maximum absolute atomic E-state index is 13.3. The van der Waals surface area contributed by atoms with E-state index in [9.17, 15) is 24.3 Å². The van der Waals surface area contributed by atoms with Gasteiger partial charge in [-0.15, -0.1) is 0 Å². The van der Waals surface area contributed by atoms with Crippen LogP contribution >= 0.6 is 0 Å². The molecule has 5 rings (SSSR count). The van der Waals surface area contributed by atoms with Crippen molar-refractivity contribution < 1.29 is 24.2 Å². The number of benzene rings is 2. The number of carbonyl (C=O) groups excluding carboxylic acids is 2. The van der Waals surface area contributed by atoms with Crippen LogP contribution in [0.1, 0.15) is 38.7 Å². The molecule has 1 saturated heterocycles. The van der Waals surface area contributed by atoms with Gasteiger partial charge >= 0.3 is 12.0 Å². The van der Waals surface area contributed by atoms with E-state index in [0.29, 0.717) is 36.6 Å². The van der Waals surface area contributed by atoms with E-state index >= 15 is 0 Å². The number of piperidine rings is 1. The molecule has 190 valence electrons. The van der Waals surface area contributed by atoms with Crippen LogP contribution in [0, 0.1) is 5.92 Å². The van der Waals surface area contributed by atoms with Crippen molar-refractivity contribution in [3.8, 4) is 5.75 Å². The van der Waals surface area contributed by atoms with E-state index in [2.05, 4.69) is 10.6 Å². The molecule has 10 nitrogen and oxygen atoms in total. The minimum Gasteiger partial charge on any atom is -0.495 e. The van der Waals surface area contributed by atoms with Crippen LogP contribution in [0.25, 0.3) is 0 Å². The number of nitrogens with one attached hydrogen (secondary N) is 2. The highest BCUT2D eigenvalue weighted by Gasteiger charge is 2.37. The first-order valence-electron chi connectivity index (χ1n) is 11.9. The zero-order chi connectivity index (χ0) is 26.1. The molecule has 2 aliphatic rings. The summed E-state index contributed by atoms with van der Waals surface area (Å²) in [5.74, 6) is -0.780. The summed E-state index contributed by atoms with van der Waals surface area (Å²) in [6.07, 6.45) is 0.847. The molecule has 3 heterocycles. The van der Waals surface area contributed by atoms with Crippen molar-refractivity contribution in [3.05, 3.63) is 87.8 Å². The lowest BCUT2D eigenvalue weighted by Crippen LogP contribution is -2.49. The van der Waals surface area contributed by atoms with E-state index in [0.717, 1.165) is 12.1 Å². The lowest BCUT2D eigenvalue weighted by Gasteiger charge is -2.43. The number of hydrogen-bond acceptors (Lipinski definition) is 5. The lowest BCUT2D eigenvalue weighted by molar-refractivity contribution is 0.0594. The van der Waals surface area contributed by atoms with Crippen LogP contribution in [0.3, 0.4) is 0 Å². The molecule has 0 spiro atoms. The molecular formula is C27H26N4O6. The fourth-order valence-corrected chi connectivity index (χ4v) is 5.20. The smallest absolute Gasteiger partial charge is 0.335 e. The first kappa shape index (κ1) is 24.1. The molecule has 2 atom stereocenters. The number of amides is 3. The molecule has 3 aromatic rings. The molecule has 10 heteroatoms. The van der Waals surface area contributed by atoms with Gasteiger partial charge in [0.2, 0.25) is 0 Å². The molecule has 0 radical (unpaired) electrons. The first-order chi connectivity index (χ1) is 17.8. The van der Waals surface area contributed by atoms with E-state index in [4.69, 9.17) is 4.74 Å². The number of carbonyl (C=O) groups is 3. The number of likely N-dealkylation sites (tertiary alicyclic amines) is 1. The number of fused-ring (bicyclic) bond motifs is 4. The number of carboxylic acids is 1. The number of carboxylic acid groups (broad SMARTS) is 1. The number of pyridine rings is 1. The molecule has 3 N–H and O–H groups in total. The van der Waals surface area contributed by atoms with E-state index in [1.165, 1.54) is 19.2 Å². The van der Waals surface area contributed by atoms with Crippen LogP contribution in [0.5, 0.6) is 5.75 Å². The summed E-state index contributed by atoms with van der Waals surface area (Å²) in [7, 11) is 1.51. The predicted molar refractivity (Wildman–Crippen MR) is 136 cm³/mol. The number of urea groups is 1. The SMILES string of the molecule is COc1ccccc1NC(=O)Nc1ccc2n(c1=O)CC1CC2CN(C(=O)c2cccc(C(=O)O)c2)C1. The van der Waals surface area contributed by atoms with Gasteiger partial charge in [0, 0.05) is 36.8 Å². The van der Waals surface area contributed by atoms with Crippen LogP contribution in [-0.2, 0) is 6.54 Å². The number of methoxy groups -OCH3 is 1. The molecule has 37 heavy (non-hydrogen) atoms. The Morgan fingerprint density at radius 1 is 0.919 bits per heavy atom. The van der Waals surface area contributed by atoms with Gasteiger partial charge < -0.3 is 29.9 Å². The third kappa shape index (κ3) is 4.77. The summed E-state index contributed by atoms with van der Waals surface area (Å²) >= 11 is 0. The van der Waals surface area contributed by atoms with E-state index in [1.54, 1.807) is 51.9 Å². The van der Waals surface area contributed by atoms with Crippen molar-refractivity contribution in [2.45, 2.75) is 18.9 Å². The van der Waals surface area contributed by atoms with Crippen molar-refractivity contribution in [1.29, 1.82) is 0 Å². The molecule has 2 unspecified atom stereocenters. The zero-order valence-corrected chi connectivity index (χ0v) is 20.1. The summed E-state index contributed by atoms with van der Waals surface area (Å²) < 4.78 is 6.93. The van der Waals surface area contributed by atoms with Gasteiger partial charge in [-0.1, -0.05) is 18.2 Å². The number of rotatable bonds is 5. The third-order valence-corrected chi connectivity index (χ3v) is 6.85. The van der Waals surface area contributed by atoms with Crippen LogP contribution in [0.15, 0.2) is 65.5 Å². The maximum Gasteiger partial charge on any atom is 0.335 e. The largest absolute Gasteiger partial charge is 0.495 e. The second-order valence-electron chi connectivity index (χ2n) is 9.26. The fourth-order valence-electron chi connectivity index (χ4n) is 5.20. The van der Waals surface area contributed by atoms with Gasteiger partial charge in [-0.2, -0.15) is 0 Å². The van der Waals surface area contributed by atoms with Gasteiger partial charge in [0.25, 0.3) is 11.5 Å². The monoisotopic (exact) mass is 502 g/mol. The quantitative estimate of drug-likeness (QED) is 0.490. The highest BCUT2D eigenvalue weighted by atomic mass is 16.5. The normalized spacial score (nSPS) is 17.9. The van der Waals surface area contributed by atoms with Crippen LogP contribution in [-0.4, -0.2) is 52.7 Å². The molecule has 2 bridgehead atoms. The number of hydrogen-bond donors (Lipinski definition) is 3. The maximum atomic E-state index is 13.3. The van der Waals surface area contributed by atoms with E-state index in [1.807, 2.05) is 6.07 Å². The van der Waals surface area contributed by atoms with Gasteiger partial charge in [-0.25, -0.2) is 9.59 Å². The molecule has 2 aromatic carbocycles. The van der Waals surface area contributed by atoms with Gasteiger partial charge in [0.1, 0.15) is 11.4 Å². The number of ether oxygens (including phenoxy) is 1. The molecule has 1 aromatic heterocycles. The molecule has 2 aliphatic heterocycles. The average molecular weight is 503 g/mol. The minimum absolute atomic E-state index is 0.0386. The van der Waals surface area contributed by atoms with Crippen LogP contribution in [0.4, 0.5) is 16.2 Å². The topological polar surface area (TPSA) is 130 Å². The van der Waals surface area contributed by atoms with Crippen molar-refractivity contribution in [2.24, 2.45) is 5.92 Å². The number of aromatic carboxylic acids is 1.